The molecular weight excluding hydrogens is 800 g/mol. The minimum absolute atomic E-state index is 0.0541. The van der Waals surface area contributed by atoms with Gasteiger partial charge in [0.25, 0.3) is 5.91 Å². The number of methoxy groups -OCH3 is 1. The number of carboxylic acid groups (broad SMARTS) is 1. The Morgan fingerprint density at radius 2 is 1.90 bits per heavy atom. The summed E-state index contributed by atoms with van der Waals surface area (Å²) < 4.78 is 73.9. The number of allylic oxidation sites excluding steroid dienone is 1. The molecule has 0 radical (unpaired) electrons. The lowest BCUT2D eigenvalue weighted by Crippen LogP contribution is -2.63. The predicted molar refractivity (Wildman–Crippen MR) is 211 cm³/mol. The Hall–Kier alpha value is -4.25. The van der Waals surface area contributed by atoms with Crippen LogP contribution >= 0.6 is 11.6 Å². The number of halogens is 3. The van der Waals surface area contributed by atoms with Crippen LogP contribution in [0.2, 0.25) is 5.02 Å². The largest absolute Gasteiger partial charge is 0.495 e. The number of pyridine rings is 1. The summed E-state index contributed by atoms with van der Waals surface area (Å²) in [5.41, 5.74) is -4.61. The number of nitrogens with zero attached hydrogens (tertiary/aromatic N) is 3. The van der Waals surface area contributed by atoms with Gasteiger partial charge in [-0.3, -0.25) is 24.0 Å². The number of aromatic nitrogens is 1. The van der Waals surface area contributed by atoms with Crippen LogP contribution in [0, 0.1) is 17.8 Å². The van der Waals surface area contributed by atoms with Gasteiger partial charge in [-0.25, -0.2) is 18.2 Å². The number of rotatable bonds is 9. The summed E-state index contributed by atoms with van der Waals surface area (Å²) in [5.74, 6) is -9.20. The smallest absolute Gasteiger partial charge is 0.408 e. The Labute approximate surface area is 342 Å². The highest BCUT2D eigenvalue weighted by Gasteiger charge is 2.72. The Kier molecular flexibility index (Phi) is 11.5. The Morgan fingerprint density at radius 3 is 2.50 bits per heavy atom. The maximum absolute atomic E-state index is 17.6. The van der Waals surface area contributed by atoms with Crippen molar-refractivity contribution in [1.82, 2.24) is 24.8 Å². The lowest BCUT2D eigenvalue weighted by Gasteiger charge is -2.40. The minimum atomic E-state index is -4.22. The van der Waals surface area contributed by atoms with E-state index in [9.17, 15) is 27.9 Å². The van der Waals surface area contributed by atoms with Crippen molar-refractivity contribution in [2.24, 2.45) is 17.8 Å². The topological polar surface area (TPSA) is 185 Å². The zero-order chi connectivity index (χ0) is 42.7. The maximum Gasteiger partial charge on any atom is 0.408 e. The fraction of sp³-hybridized carbons (Fsp3) is 0.625. The van der Waals surface area contributed by atoms with Gasteiger partial charge in [-0.2, -0.15) is 8.78 Å². The fourth-order valence-electron chi connectivity index (χ4n) is 8.44. The molecule has 2 aliphatic heterocycles. The van der Waals surface area contributed by atoms with Crippen LogP contribution in [0.15, 0.2) is 36.5 Å². The number of hydrogen-bond acceptors (Lipinski definition) is 9. The predicted octanol–water partition coefficient (Wildman–Crippen LogP) is 5.91. The zero-order valence-electron chi connectivity index (χ0n) is 33.7. The third-order valence-electron chi connectivity index (χ3n) is 12.5. The molecule has 2 saturated carbocycles. The lowest BCUT2D eigenvalue weighted by atomic mass is 9.83. The van der Waals surface area contributed by atoms with Gasteiger partial charge >= 0.3 is 12.0 Å². The molecule has 2 aliphatic carbocycles. The Morgan fingerprint density at radius 1 is 1.21 bits per heavy atom. The molecule has 3 N–H and O–H groups in total. The van der Waals surface area contributed by atoms with E-state index in [1.165, 1.54) is 26.3 Å². The van der Waals surface area contributed by atoms with Crippen molar-refractivity contribution in [3.8, 4) is 11.6 Å². The quantitative estimate of drug-likeness (QED) is 0.256. The van der Waals surface area contributed by atoms with Crippen molar-refractivity contribution in [2.75, 3.05) is 13.7 Å². The van der Waals surface area contributed by atoms with E-state index in [-0.39, 0.29) is 28.6 Å². The number of ether oxygens (including phenoxy) is 2. The minimum Gasteiger partial charge on any atom is -0.495 e. The third kappa shape index (κ3) is 7.56. The molecular formula is C40H52ClF2N5O9S. The maximum atomic E-state index is 17.6. The summed E-state index contributed by atoms with van der Waals surface area (Å²) in [5, 5.41) is 13.8. The normalized spacial score (nSPS) is 31.2. The fourth-order valence-corrected chi connectivity index (χ4v) is 9.99. The summed E-state index contributed by atoms with van der Waals surface area (Å²) in [6, 6.07) is -0.302. The third-order valence-corrected chi connectivity index (χ3v) is 14.9. The molecule has 4 amide bonds. The van der Waals surface area contributed by atoms with Crippen molar-refractivity contribution in [1.29, 1.82) is 0 Å². The molecule has 1 aromatic carbocycles. The molecule has 3 fully saturated rings. The van der Waals surface area contributed by atoms with Crippen molar-refractivity contribution in [2.45, 2.75) is 126 Å². The lowest BCUT2D eigenvalue weighted by molar-refractivity contribution is -0.163. The van der Waals surface area contributed by atoms with E-state index in [0.29, 0.717) is 54.6 Å². The van der Waals surface area contributed by atoms with E-state index in [1.807, 2.05) is 6.92 Å². The SMILES string of the molecule is CC[C@@H]1C[C@@H](C)CC/C=C\[C@@H]2C[C@@]2(C(=O)NS(=O)(=O)C2(C)CC2)NC(=O)[C@@H]2N(C[C@@](C)(Oc3nccc4cc(OC)c(Cl)cc34)C2(F)F)C(=O)[C@H]1N(C(=O)O)C(C)C. The van der Waals surface area contributed by atoms with Gasteiger partial charge in [0, 0.05) is 23.5 Å². The second-order valence-corrected chi connectivity index (χ2v) is 19.7. The van der Waals surface area contributed by atoms with Crippen molar-refractivity contribution in [3.63, 3.8) is 0 Å². The molecule has 18 heteroatoms. The van der Waals surface area contributed by atoms with Crippen molar-refractivity contribution in [3.05, 3.63) is 41.6 Å². The number of carbonyl (C=O) groups is 4. The van der Waals surface area contributed by atoms with Crippen LogP contribution in [0.25, 0.3) is 10.8 Å². The van der Waals surface area contributed by atoms with Crippen LogP contribution in [0.1, 0.15) is 86.5 Å². The van der Waals surface area contributed by atoms with E-state index in [0.717, 1.165) is 11.8 Å². The monoisotopic (exact) mass is 851 g/mol. The van der Waals surface area contributed by atoms with Crippen molar-refractivity contribution < 1.29 is 51.0 Å². The molecule has 58 heavy (non-hydrogen) atoms. The van der Waals surface area contributed by atoms with Crippen LogP contribution < -0.4 is 19.5 Å². The van der Waals surface area contributed by atoms with E-state index >= 15 is 13.6 Å². The second-order valence-electron chi connectivity index (χ2n) is 17.0. The first kappa shape index (κ1) is 43.3. The van der Waals surface area contributed by atoms with E-state index in [2.05, 4.69) is 15.0 Å². The van der Waals surface area contributed by atoms with Crippen LogP contribution in [0.3, 0.4) is 0 Å². The highest BCUT2D eigenvalue weighted by molar-refractivity contribution is 7.91. The number of benzene rings is 1. The molecule has 14 nitrogen and oxygen atoms in total. The molecule has 318 valence electrons. The highest BCUT2D eigenvalue weighted by Crippen LogP contribution is 2.50. The van der Waals surface area contributed by atoms with Crippen LogP contribution in [0.5, 0.6) is 11.6 Å². The molecule has 3 heterocycles. The first-order chi connectivity index (χ1) is 27.1. The standard InChI is InChI=1S/C40H52ClF2N5O9S/c1-8-24-17-23(4)11-9-10-12-26-20-39(26,35(51)46-58(54,55)37(5)14-15-37)45-32(49)31-40(42,43)38(6,21-47(31)34(50)30(24)48(22(2)3)36(52)53)57-33-27-19-28(41)29(56-7)18-25(27)13-16-44-33/h10,12-13,16,18-19,22-24,26,30-31H,8-9,11,14-15,17,20-21H2,1-7H3,(H,45,49)(H,46,51)(H,52,53)/b12-10-/t23-,24+,26+,30-,31-,38+,39+/m0/s1. The van der Waals surface area contributed by atoms with Crippen LogP contribution in [-0.2, 0) is 24.4 Å². The molecule has 7 atom stereocenters. The summed E-state index contributed by atoms with van der Waals surface area (Å²) >= 11 is 6.42. The summed E-state index contributed by atoms with van der Waals surface area (Å²) in [7, 11) is -2.79. The number of nitrogens with one attached hydrogen (secondary N) is 2. The molecule has 6 rings (SSSR count). The summed E-state index contributed by atoms with van der Waals surface area (Å²) in [4.78, 5) is 62.5. The van der Waals surface area contributed by atoms with Crippen LogP contribution in [-0.4, -0.2) is 106 Å². The summed E-state index contributed by atoms with van der Waals surface area (Å²) in [6.45, 7) is 8.51. The molecule has 0 spiro atoms. The van der Waals surface area contributed by atoms with Gasteiger partial charge < -0.3 is 24.8 Å². The van der Waals surface area contributed by atoms with Gasteiger partial charge in [-0.05, 0) is 102 Å². The van der Waals surface area contributed by atoms with Gasteiger partial charge in [0.2, 0.25) is 27.7 Å². The van der Waals surface area contributed by atoms with Crippen molar-refractivity contribution >= 4 is 56.2 Å². The average molecular weight is 852 g/mol. The van der Waals surface area contributed by atoms with Gasteiger partial charge in [0.15, 0.2) is 11.6 Å². The molecule has 4 aliphatic rings. The number of fused-ring (bicyclic) bond motifs is 3. The van der Waals surface area contributed by atoms with Gasteiger partial charge in [-0.15, -0.1) is 0 Å². The number of alkyl halides is 2. The average Bonchev–Trinajstić information content (AvgIpc) is 4.05. The number of hydrogen-bond donors (Lipinski definition) is 3. The van der Waals surface area contributed by atoms with Gasteiger partial charge in [0.05, 0.1) is 23.4 Å². The second kappa shape index (κ2) is 15.4. The first-order valence-electron chi connectivity index (χ1n) is 19.6. The first-order valence-corrected chi connectivity index (χ1v) is 21.5. The zero-order valence-corrected chi connectivity index (χ0v) is 35.3. The van der Waals surface area contributed by atoms with E-state index < -0.39 is 92.2 Å². The van der Waals surface area contributed by atoms with E-state index in [4.69, 9.17) is 21.1 Å². The molecule has 1 saturated heterocycles. The number of carbonyl (C=O) groups excluding carboxylic acids is 3. The van der Waals surface area contributed by atoms with Gasteiger partial charge in [0.1, 0.15) is 17.3 Å². The Balaban J connectivity index is 1.49. The van der Waals surface area contributed by atoms with Gasteiger partial charge in [-0.1, -0.05) is 44.0 Å². The highest BCUT2D eigenvalue weighted by atomic mass is 35.5. The number of sulfonamides is 1. The molecule has 0 unspecified atom stereocenters. The summed E-state index contributed by atoms with van der Waals surface area (Å²) in [6.07, 6.45) is 5.71. The molecule has 2 aromatic rings. The molecule has 0 bridgehead atoms. The number of amides is 4. The Bertz CT molecular complexity index is 2140. The van der Waals surface area contributed by atoms with Crippen LogP contribution in [0.4, 0.5) is 13.6 Å². The van der Waals surface area contributed by atoms with E-state index in [1.54, 1.807) is 45.1 Å². The molecule has 1 aromatic heterocycles.